The molecular formula is C21H18FN3O2S. The maximum atomic E-state index is 14.7. The Morgan fingerprint density at radius 2 is 2.00 bits per heavy atom. The van der Waals surface area contributed by atoms with E-state index in [-0.39, 0.29) is 5.82 Å². The summed E-state index contributed by atoms with van der Waals surface area (Å²) in [7, 11) is 0. The van der Waals surface area contributed by atoms with Gasteiger partial charge in [-0.2, -0.15) is 0 Å². The fourth-order valence-corrected chi connectivity index (χ4v) is 3.76. The van der Waals surface area contributed by atoms with Gasteiger partial charge in [0.1, 0.15) is 5.82 Å². The van der Waals surface area contributed by atoms with E-state index in [9.17, 15) is 9.18 Å². The van der Waals surface area contributed by atoms with Gasteiger partial charge in [-0.05, 0) is 43.5 Å². The molecule has 0 N–H and O–H groups in total. The number of esters is 1. The zero-order valence-electron chi connectivity index (χ0n) is 15.6. The first kappa shape index (κ1) is 18.4. The number of thioether (sulfide) groups is 1. The van der Waals surface area contributed by atoms with Gasteiger partial charge in [0.15, 0.2) is 5.82 Å². The van der Waals surface area contributed by atoms with Gasteiger partial charge in [-0.1, -0.05) is 12.1 Å². The van der Waals surface area contributed by atoms with Gasteiger partial charge in [0.2, 0.25) is 0 Å². The van der Waals surface area contributed by atoms with Crippen molar-refractivity contribution in [2.75, 3.05) is 6.26 Å². The van der Waals surface area contributed by atoms with Gasteiger partial charge in [-0.15, -0.1) is 11.8 Å². The molecule has 0 saturated carbocycles. The quantitative estimate of drug-likeness (QED) is 0.486. The molecule has 0 spiro atoms. The van der Waals surface area contributed by atoms with Gasteiger partial charge >= 0.3 is 5.97 Å². The monoisotopic (exact) mass is 395 g/mol. The van der Waals surface area contributed by atoms with Gasteiger partial charge in [-0.25, -0.2) is 14.4 Å². The number of halogens is 1. The molecule has 1 aliphatic heterocycles. The van der Waals surface area contributed by atoms with Crippen molar-refractivity contribution in [2.45, 2.75) is 25.0 Å². The summed E-state index contributed by atoms with van der Waals surface area (Å²) in [4.78, 5) is 21.8. The van der Waals surface area contributed by atoms with Crippen molar-refractivity contribution in [3.63, 3.8) is 0 Å². The Labute approximate surface area is 166 Å². The Balaban J connectivity index is 2.06. The molecule has 2 heterocycles. The highest BCUT2D eigenvalue weighted by atomic mass is 32.2. The minimum absolute atomic E-state index is 0.350. The van der Waals surface area contributed by atoms with E-state index in [4.69, 9.17) is 4.74 Å². The van der Waals surface area contributed by atoms with Crippen molar-refractivity contribution in [1.82, 2.24) is 9.55 Å². The SMILES string of the molecule is CSc1ccc2c(c1)C(c1ccccc1F)=NC(OC(C)=O)c1ncc(C)n1-2. The average Bonchev–Trinajstić information content (AvgIpc) is 3.00. The molecule has 1 unspecified atom stereocenters. The lowest BCUT2D eigenvalue weighted by atomic mass is 10.00. The zero-order valence-corrected chi connectivity index (χ0v) is 16.5. The number of aromatic nitrogens is 2. The standard InChI is InChI=1S/C21H18FN3O2S/c1-12-11-23-20-21(27-13(2)26)24-19(15-6-4-5-7-17(15)22)16-10-14(28-3)8-9-18(16)25(12)20/h4-11,21H,1-3H3. The minimum atomic E-state index is -0.967. The summed E-state index contributed by atoms with van der Waals surface area (Å²) in [5.74, 6) is -0.388. The number of aliphatic imine (C=N–C) groups is 1. The van der Waals surface area contributed by atoms with Crippen molar-refractivity contribution in [2.24, 2.45) is 4.99 Å². The number of fused-ring (bicyclic) bond motifs is 3. The maximum absolute atomic E-state index is 14.7. The highest BCUT2D eigenvalue weighted by Gasteiger charge is 2.30. The van der Waals surface area contributed by atoms with Gasteiger partial charge in [0.05, 0.1) is 11.4 Å². The minimum Gasteiger partial charge on any atom is -0.432 e. The van der Waals surface area contributed by atoms with Gasteiger partial charge in [0.25, 0.3) is 6.23 Å². The summed E-state index contributed by atoms with van der Waals surface area (Å²) >= 11 is 1.59. The Kier molecular flexibility index (Phi) is 4.77. The molecule has 1 aliphatic rings. The highest BCUT2D eigenvalue weighted by molar-refractivity contribution is 7.98. The molecule has 5 nitrogen and oxygen atoms in total. The summed E-state index contributed by atoms with van der Waals surface area (Å²) in [5, 5.41) is 0. The van der Waals surface area contributed by atoms with Crippen molar-refractivity contribution < 1.29 is 13.9 Å². The Morgan fingerprint density at radius 1 is 1.21 bits per heavy atom. The van der Waals surface area contributed by atoms with Crippen LogP contribution in [-0.2, 0) is 9.53 Å². The third-order valence-corrected chi connectivity index (χ3v) is 5.26. The normalized spacial score (nSPS) is 15.3. The molecule has 0 aliphatic carbocycles. The van der Waals surface area contributed by atoms with E-state index in [0.29, 0.717) is 17.1 Å². The van der Waals surface area contributed by atoms with E-state index in [1.165, 1.54) is 13.0 Å². The van der Waals surface area contributed by atoms with Gasteiger partial charge in [-0.3, -0.25) is 9.36 Å². The van der Waals surface area contributed by atoms with Crippen molar-refractivity contribution in [3.8, 4) is 5.69 Å². The Bertz CT molecular complexity index is 1110. The van der Waals surface area contributed by atoms with E-state index in [0.717, 1.165) is 21.8 Å². The predicted octanol–water partition coefficient (Wildman–Crippen LogP) is 4.45. The van der Waals surface area contributed by atoms with Crippen LogP contribution in [0.25, 0.3) is 5.69 Å². The lowest BCUT2D eigenvalue weighted by molar-refractivity contribution is -0.146. The second-order valence-corrected chi connectivity index (χ2v) is 7.28. The molecule has 0 radical (unpaired) electrons. The first-order valence-corrected chi connectivity index (χ1v) is 9.95. The second kappa shape index (κ2) is 7.24. The number of rotatable bonds is 3. The molecule has 0 fully saturated rings. The van der Waals surface area contributed by atoms with E-state index in [2.05, 4.69) is 9.98 Å². The topological polar surface area (TPSA) is 56.5 Å². The molecule has 3 aromatic rings. The molecule has 142 valence electrons. The molecule has 0 saturated heterocycles. The molecule has 1 atom stereocenters. The molecular weight excluding hydrogens is 377 g/mol. The zero-order chi connectivity index (χ0) is 19.8. The summed E-state index contributed by atoms with van der Waals surface area (Å²) < 4.78 is 22.1. The molecule has 0 bridgehead atoms. The number of hydrogen-bond acceptors (Lipinski definition) is 5. The Morgan fingerprint density at radius 3 is 2.71 bits per heavy atom. The summed E-state index contributed by atoms with van der Waals surface area (Å²) in [6, 6.07) is 12.4. The first-order chi connectivity index (χ1) is 13.5. The van der Waals surface area contributed by atoms with Crippen LogP contribution < -0.4 is 0 Å². The lowest BCUT2D eigenvalue weighted by Crippen LogP contribution is -2.12. The number of nitrogens with zero attached hydrogens (tertiary/aromatic N) is 3. The van der Waals surface area contributed by atoms with Crippen LogP contribution in [0.15, 0.2) is 58.5 Å². The molecule has 1 aromatic heterocycles. The van der Waals surface area contributed by atoms with E-state index < -0.39 is 12.2 Å². The van der Waals surface area contributed by atoms with Crippen LogP contribution in [0.2, 0.25) is 0 Å². The van der Waals surface area contributed by atoms with Crippen LogP contribution in [0.1, 0.15) is 35.8 Å². The molecule has 28 heavy (non-hydrogen) atoms. The Hall–Kier alpha value is -2.93. The smallest absolute Gasteiger partial charge is 0.304 e. The van der Waals surface area contributed by atoms with E-state index >= 15 is 0 Å². The summed E-state index contributed by atoms with van der Waals surface area (Å²) in [6.07, 6.45) is 2.72. The van der Waals surface area contributed by atoms with Crippen LogP contribution in [0.5, 0.6) is 0 Å². The third kappa shape index (κ3) is 3.11. The molecule has 4 rings (SSSR count). The number of benzene rings is 2. The van der Waals surface area contributed by atoms with E-state index in [1.807, 2.05) is 35.9 Å². The van der Waals surface area contributed by atoms with Crippen molar-refractivity contribution in [3.05, 3.63) is 77.1 Å². The maximum Gasteiger partial charge on any atom is 0.304 e. The molecule has 2 aromatic carbocycles. The third-order valence-electron chi connectivity index (χ3n) is 4.54. The lowest BCUT2D eigenvalue weighted by Gasteiger charge is -2.14. The molecule has 0 amide bonds. The second-order valence-electron chi connectivity index (χ2n) is 6.40. The number of carbonyl (C=O) groups is 1. The van der Waals surface area contributed by atoms with Crippen LogP contribution in [0.4, 0.5) is 4.39 Å². The van der Waals surface area contributed by atoms with E-state index in [1.54, 1.807) is 36.2 Å². The number of carbonyl (C=O) groups excluding carboxylic acids is 1. The highest BCUT2D eigenvalue weighted by Crippen LogP contribution is 2.34. The molecule has 7 heteroatoms. The van der Waals surface area contributed by atoms with Crippen molar-refractivity contribution in [1.29, 1.82) is 0 Å². The van der Waals surface area contributed by atoms with Crippen LogP contribution >= 0.6 is 11.8 Å². The van der Waals surface area contributed by atoms with Crippen molar-refractivity contribution >= 4 is 23.4 Å². The van der Waals surface area contributed by atoms with Gasteiger partial charge in [0, 0.05) is 34.8 Å². The number of hydrogen-bond donors (Lipinski definition) is 0. The van der Waals surface area contributed by atoms with Crippen LogP contribution in [0, 0.1) is 12.7 Å². The number of aryl methyl sites for hydroxylation is 1. The largest absolute Gasteiger partial charge is 0.432 e. The fourth-order valence-electron chi connectivity index (χ4n) is 3.32. The van der Waals surface area contributed by atoms with Gasteiger partial charge < -0.3 is 4.74 Å². The fraction of sp³-hybridized carbons (Fsp3) is 0.190. The predicted molar refractivity (Wildman–Crippen MR) is 107 cm³/mol. The summed E-state index contributed by atoms with van der Waals surface area (Å²) in [5.41, 5.74) is 3.23. The van der Waals surface area contributed by atoms with Crippen LogP contribution in [0.3, 0.4) is 0 Å². The first-order valence-electron chi connectivity index (χ1n) is 8.72. The number of imidazole rings is 1. The van der Waals surface area contributed by atoms with Crippen LogP contribution in [-0.4, -0.2) is 27.5 Å². The average molecular weight is 395 g/mol. The summed E-state index contributed by atoms with van der Waals surface area (Å²) in [6.45, 7) is 3.24. The number of ether oxygens (including phenoxy) is 1.